The molecule has 0 saturated heterocycles. The van der Waals surface area contributed by atoms with Crippen molar-refractivity contribution in [3.05, 3.63) is 41.4 Å². The number of esters is 1. The maximum Gasteiger partial charge on any atom is 0.349 e. The summed E-state index contributed by atoms with van der Waals surface area (Å²) in [5.41, 5.74) is 1.06. The molecule has 0 atom stereocenters. The van der Waals surface area contributed by atoms with Crippen molar-refractivity contribution in [2.75, 3.05) is 18.6 Å². The molecule has 5 heteroatoms. The molecule has 1 heterocycles. The zero-order chi connectivity index (χ0) is 13.0. The molecule has 0 aliphatic carbocycles. The lowest BCUT2D eigenvalue weighted by Gasteiger charge is -2.19. The SMILES string of the molecule is CCN(c1ccccc1)c1ncc(C(=O)OC)s1. The molecule has 94 valence electrons. The van der Waals surface area contributed by atoms with Gasteiger partial charge in [0.15, 0.2) is 5.13 Å². The molecule has 0 bridgehead atoms. The number of ether oxygens (including phenoxy) is 1. The summed E-state index contributed by atoms with van der Waals surface area (Å²) in [6, 6.07) is 9.96. The number of nitrogens with zero attached hydrogens (tertiary/aromatic N) is 2. The van der Waals surface area contributed by atoms with Crippen LogP contribution in [0.1, 0.15) is 16.6 Å². The highest BCUT2D eigenvalue weighted by atomic mass is 32.1. The summed E-state index contributed by atoms with van der Waals surface area (Å²) < 4.78 is 4.68. The Balaban J connectivity index is 2.29. The minimum Gasteiger partial charge on any atom is -0.465 e. The first kappa shape index (κ1) is 12.6. The molecule has 0 spiro atoms. The van der Waals surface area contributed by atoms with Gasteiger partial charge < -0.3 is 9.64 Å². The maximum absolute atomic E-state index is 11.4. The lowest BCUT2D eigenvalue weighted by molar-refractivity contribution is 0.0606. The average molecular weight is 262 g/mol. The molecule has 2 aromatic rings. The Morgan fingerprint density at radius 3 is 2.72 bits per heavy atom. The summed E-state index contributed by atoms with van der Waals surface area (Å²) in [4.78, 5) is 18.2. The summed E-state index contributed by atoms with van der Waals surface area (Å²) >= 11 is 1.33. The fraction of sp³-hybridized carbons (Fsp3) is 0.231. The molecular weight excluding hydrogens is 248 g/mol. The van der Waals surface area contributed by atoms with E-state index in [4.69, 9.17) is 0 Å². The molecule has 1 aromatic heterocycles. The molecule has 2 rings (SSSR count). The monoisotopic (exact) mass is 262 g/mol. The van der Waals surface area contributed by atoms with E-state index in [1.165, 1.54) is 18.4 Å². The van der Waals surface area contributed by atoms with E-state index in [0.717, 1.165) is 17.4 Å². The first-order chi connectivity index (χ1) is 8.76. The third-order valence-corrected chi connectivity index (χ3v) is 3.50. The van der Waals surface area contributed by atoms with Gasteiger partial charge in [0.25, 0.3) is 0 Å². The fourth-order valence-corrected chi connectivity index (χ4v) is 2.54. The molecule has 0 aliphatic rings. The van der Waals surface area contributed by atoms with Gasteiger partial charge in [-0.15, -0.1) is 0 Å². The molecule has 1 aromatic carbocycles. The van der Waals surface area contributed by atoms with Crippen molar-refractivity contribution >= 4 is 28.1 Å². The Bertz CT molecular complexity index is 525. The second kappa shape index (κ2) is 5.64. The van der Waals surface area contributed by atoms with Gasteiger partial charge in [0.05, 0.1) is 13.3 Å². The van der Waals surface area contributed by atoms with Crippen LogP contribution in [-0.2, 0) is 4.74 Å². The highest BCUT2D eigenvalue weighted by molar-refractivity contribution is 7.17. The summed E-state index contributed by atoms with van der Waals surface area (Å²) in [7, 11) is 1.37. The van der Waals surface area contributed by atoms with Gasteiger partial charge in [0.1, 0.15) is 4.88 Å². The van der Waals surface area contributed by atoms with Gasteiger partial charge in [-0.1, -0.05) is 29.5 Å². The average Bonchev–Trinajstić information content (AvgIpc) is 2.89. The molecular formula is C13H14N2O2S. The van der Waals surface area contributed by atoms with Crippen LogP contribution in [-0.4, -0.2) is 24.6 Å². The topological polar surface area (TPSA) is 42.4 Å². The van der Waals surface area contributed by atoms with Crippen LogP contribution in [0.15, 0.2) is 36.5 Å². The molecule has 0 radical (unpaired) electrons. The van der Waals surface area contributed by atoms with E-state index in [1.807, 2.05) is 37.3 Å². The van der Waals surface area contributed by atoms with Crippen molar-refractivity contribution in [1.82, 2.24) is 4.98 Å². The largest absolute Gasteiger partial charge is 0.465 e. The summed E-state index contributed by atoms with van der Waals surface area (Å²) in [6.07, 6.45) is 1.55. The molecule has 0 fully saturated rings. The van der Waals surface area contributed by atoms with Crippen molar-refractivity contribution in [1.29, 1.82) is 0 Å². The number of hydrogen-bond donors (Lipinski definition) is 0. The Labute approximate surface area is 110 Å². The van der Waals surface area contributed by atoms with Crippen LogP contribution in [0.4, 0.5) is 10.8 Å². The highest BCUT2D eigenvalue weighted by Crippen LogP contribution is 2.29. The number of para-hydroxylation sites is 1. The minimum atomic E-state index is -0.345. The number of benzene rings is 1. The first-order valence-electron chi connectivity index (χ1n) is 5.63. The van der Waals surface area contributed by atoms with Crippen molar-refractivity contribution in [3.8, 4) is 0 Å². The van der Waals surface area contributed by atoms with Gasteiger partial charge in [-0.05, 0) is 19.1 Å². The maximum atomic E-state index is 11.4. The number of hydrogen-bond acceptors (Lipinski definition) is 5. The van der Waals surface area contributed by atoms with Crippen LogP contribution >= 0.6 is 11.3 Å². The van der Waals surface area contributed by atoms with Gasteiger partial charge in [-0.3, -0.25) is 0 Å². The van der Waals surface area contributed by atoms with Gasteiger partial charge in [0, 0.05) is 12.2 Å². The number of carbonyl (C=O) groups excluding carboxylic acids is 1. The van der Waals surface area contributed by atoms with Crippen molar-refractivity contribution in [2.45, 2.75) is 6.92 Å². The van der Waals surface area contributed by atoms with Crippen LogP contribution in [0.2, 0.25) is 0 Å². The quantitative estimate of drug-likeness (QED) is 0.794. The third kappa shape index (κ3) is 2.51. The predicted molar refractivity (Wildman–Crippen MR) is 72.6 cm³/mol. The van der Waals surface area contributed by atoms with Crippen LogP contribution in [0, 0.1) is 0 Å². The molecule has 0 saturated carbocycles. The van der Waals surface area contributed by atoms with E-state index >= 15 is 0 Å². The lowest BCUT2D eigenvalue weighted by atomic mass is 10.3. The van der Waals surface area contributed by atoms with E-state index in [2.05, 4.69) is 14.6 Å². The van der Waals surface area contributed by atoms with Crippen LogP contribution in [0.5, 0.6) is 0 Å². The number of carbonyl (C=O) groups is 1. The molecule has 0 unspecified atom stereocenters. The Kier molecular flexibility index (Phi) is 3.94. The summed E-state index contributed by atoms with van der Waals surface area (Å²) in [5.74, 6) is -0.345. The lowest BCUT2D eigenvalue weighted by Crippen LogP contribution is -2.15. The van der Waals surface area contributed by atoms with Crippen molar-refractivity contribution in [3.63, 3.8) is 0 Å². The third-order valence-electron chi connectivity index (χ3n) is 2.50. The fourth-order valence-electron chi connectivity index (χ4n) is 1.62. The first-order valence-corrected chi connectivity index (χ1v) is 6.44. The predicted octanol–water partition coefficient (Wildman–Crippen LogP) is 3.09. The number of methoxy groups -OCH3 is 1. The Morgan fingerprint density at radius 2 is 2.11 bits per heavy atom. The second-order valence-electron chi connectivity index (χ2n) is 3.58. The summed E-state index contributed by atoms with van der Waals surface area (Å²) in [5, 5.41) is 0.795. The smallest absolute Gasteiger partial charge is 0.349 e. The van der Waals surface area contributed by atoms with E-state index < -0.39 is 0 Å². The number of thiazole rings is 1. The van der Waals surface area contributed by atoms with Gasteiger partial charge in [-0.2, -0.15) is 0 Å². The van der Waals surface area contributed by atoms with Gasteiger partial charge in [-0.25, -0.2) is 9.78 Å². The number of rotatable bonds is 4. The molecule has 0 aliphatic heterocycles. The molecule has 4 nitrogen and oxygen atoms in total. The second-order valence-corrected chi connectivity index (χ2v) is 4.59. The molecule has 0 amide bonds. The minimum absolute atomic E-state index is 0.345. The number of anilines is 2. The molecule has 0 N–H and O–H groups in total. The van der Waals surface area contributed by atoms with Crippen LogP contribution in [0.25, 0.3) is 0 Å². The van der Waals surface area contributed by atoms with Crippen LogP contribution < -0.4 is 4.90 Å². The van der Waals surface area contributed by atoms with E-state index in [0.29, 0.717) is 4.88 Å². The van der Waals surface area contributed by atoms with Gasteiger partial charge >= 0.3 is 5.97 Å². The zero-order valence-electron chi connectivity index (χ0n) is 10.3. The zero-order valence-corrected chi connectivity index (χ0v) is 11.1. The van der Waals surface area contributed by atoms with Crippen molar-refractivity contribution < 1.29 is 9.53 Å². The number of aromatic nitrogens is 1. The molecule has 18 heavy (non-hydrogen) atoms. The van der Waals surface area contributed by atoms with Gasteiger partial charge in [0.2, 0.25) is 0 Å². The normalized spacial score (nSPS) is 10.1. The van der Waals surface area contributed by atoms with E-state index in [-0.39, 0.29) is 5.97 Å². The summed E-state index contributed by atoms with van der Waals surface area (Å²) in [6.45, 7) is 2.84. The Hall–Kier alpha value is -1.88. The standard InChI is InChI=1S/C13H14N2O2S/c1-3-15(10-7-5-4-6-8-10)13-14-9-11(18-13)12(16)17-2/h4-9H,3H2,1-2H3. The highest BCUT2D eigenvalue weighted by Gasteiger charge is 2.15. The van der Waals surface area contributed by atoms with Crippen LogP contribution in [0.3, 0.4) is 0 Å². The van der Waals surface area contributed by atoms with E-state index in [1.54, 1.807) is 6.20 Å². The Morgan fingerprint density at radius 1 is 1.39 bits per heavy atom. The van der Waals surface area contributed by atoms with Crippen molar-refractivity contribution in [2.24, 2.45) is 0 Å². The van der Waals surface area contributed by atoms with E-state index in [9.17, 15) is 4.79 Å².